The van der Waals surface area contributed by atoms with Crippen LogP contribution in [0.5, 0.6) is 5.75 Å². The van der Waals surface area contributed by atoms with E-state index < -0.39 is 0 Å². The van der Waals surface area contributed by atoms with Gasteiger partial charge in [-0.25, -0.2) is 0 Å². The fourth-order valence-corrected chi connectivity index (χ4v) is 4.41. The SMILES string of the molecule is CCCCCCCCC(CCCOc1cccc(C(=O)C=Cc2ccccc2)c1)SC. The molecule has 0 aliphatic heterocycles. The number of carbonyl (C=O) groups is 1. The molecule has 0 heterocycles. The number of allylic oxidation sites excluding steroid dienone is 1. The van der Waals surface area contributed by atoms with Crippen molar-refractivity contribution in [3.05, 3.63) is 71.8 Å². The molecule has 0 aromatic heterocycles. The molecule has 31 heavy (non-hydrogen) atoms. The van der Waals surface area contributed by atoms with E-state index in [0.29, 0.717) is 12.2 Å². The highest BCUT2D eigenvalue weighted by Gasteiger charge is 2.08. The van der Waals surface area contributed by atoms with Crippen LogP contribution < -0.4 is 4.74 Å². The normalized spacial score (nSPS) is 12.2. The number of benzene rings is 2. The molecule has 2 nitrogen and oxygen atoms in total. The Hall–Kier alpha value is -2.00. The van der Waals surface area contributed by atoms with Gasteiger partial charge in [0.05, 0.1) is 6.61 Å². The van der Waals surface area contributed by atoms with E-state index in [1.54, 1.807) is 6.08 Å². The molecule has 0 bridgehead atoms. The summed E-state index contributed by atoms with van der Waals surface area (Å²) in [5.41, 5.74) is 1.68. The van der Waals surface area contributed by atoms with Gasteiger partial charge in [-0.15, -0.1) is 0 Å². The van der Waals surface area contributed by atoms with Gasteiger partial charge in [-0.3, -0.25) is 4.79 Å². The minimum absolute atomic E-state index is 0.00399. The van der Waals surface area contributed by atoms with Crippen molar-refractivity contribution in [2.45, 2.75) is 70.0 Å². The lowest BCUT2D eigenvalue weighted by atomic mass is 10.1. The second-order valence-electron chi connectivity index (χ2n) is 8.04. The Balaban J connectivity index is 1.70. The molecule has 0 radical (unpaired) electrons. The van der Waals surface area contributed by atoms with E-state index >= 15 is 0 Å². The smallest absolute Gasteiger partial charge is 0.185 e. The number of ketones is 1. The Kier molecular flexibility index (Phi) is 12.8. The van der Waals surface area contributed by atoms with Crippen molar-refractivity contribution in [3.8, 4) is 5.75 Å². The molecule has 0 saturated heterocycles. The quantitative estimate of drug-likeness (QED) is 0.150. The molecule has 2 aromatic rings. The number of thioether (sulfide) groups is 1. The highest BCUT2D eigenvalue weighted by Crippen LogP contribution is 2.21. The molecule has 168 valence electrons. The molecular formula is C28H38O2S. The van der Waals surface area contributed by atoms with Crippen LogP contribution in [0, 0.1) is 0 Å². The number of hydrogen-bond acceptors (Lipinski definition) is 3. The molecule has 0 N–H and O–H groups in total. The fraction of sp³-hybridized carbons (Fsp3) is 0.464. The zero-order valence-corrected chi connectivity index (χ0v) is 20.0. The summed E-state index contributed by atoms with van der Waals surface area (Å²) in [4.78, 5) is 12.5. The first-order chi connectivity index (χ1) is 15.2. The van der Waals surface area contributed by atoms with E-state index in [-0.39, 0.29) is 5.78 Å². The van der Waals surface area contributed by atoms with Crippen LogP contribution in [0.4, 0.5) is 0 Å². The third kappa shape index (κ3) is 10.7. The average Bonchev–Trinajstić information content (AvgIpc) is 2.82. The maximum Gasteiger partial charge on any atom is 0.185 e. The van der Waals surface area contributed by atoms with Gasteiger partial charge in [0, 0.05) is 10.8 Å². The third-order valence-corrected chi connectivity index (χ3v) is 6.64. The van der Waals surface area contributed by atoms with Gasteiger partial charge in [-0.1, -0.05) is 94.0 Å². The van der Waals surface area contributed by atoms with Crippen molar-refractivity contribution in [2.24, 2.45) is 0 Å². The van der Waals surface area contributed by atoms with Crippen LogP contribution in [-0.4, -0.2) is 23.9 Å². The van der Waals surface area contributed by atoms with Gasteiger partial charge in [0.15, 0.2) is 5.78 Å². The monoisotopic (exact) mass is 438 g/mol. The van der Waals surface area contributed by atoms with E-state index in [4.69, 9.17) is 4.74 Å². The Bertz CT molecular complexity index is 770. The lowest BCUT2D eigenvalue weighted by molar-refractivity contribution is 0.104. The molecule has 1 atom stereocenters. The number of ether oxygens (including phenoxy) is 1. The maximum absolute atomic E-state index is 12.5. The molecular weight excluding hydrogens is 400 g/mol. The van der Waals surface area contributed by atoms with E-state index in [0.717, 1.165) is 23.0 Å². The Labute approximate surface area is 193 Å². The zero-order chi connectivity index (χ0) is 22.2. The summed E-state index contributed by atoms with van der Waals surface area (Å²) in [6, 6.07) is 17.4. The Morgan fingerprint density at radius 3 is 2.45 bits per heavy atom. The van der Waals surface area contributed by atoms with Gasteiger partial charge in [-0.2, -0.15) is 11.8 Å². The molecule has 2 aromatic carbocycles. The molecule has 1 unspecified atom stereocenters. The summed E-state index contributed by atoms with van der Waals surface area (Å²) >= 11 is 1.99. The summed E-state index contributed by atoms with van der Waals surface area (Å²) in [5, 5.41) is 0.728. The molecule has 0 saturated carbocycles. The summed E-state index contributed by atoms with van der Waals surface area (Å²) < 4.78 is 5.94. The van der Waals surface area contributed by atoms with Crippen molar-refractivity contribution >= 4 is 23.6 Å². The lowest BCUT2D eigenvalue weighted by Crippen LogP contribution is -2.06. The predicted molar refractivity (Wildman–Crippen MR) is 136 cm³/mol. The molecule has 0 fully saturated rings. The van der Waals surface area contributed by atoms with Gasteiger partial charge in [0.25, 0.3) is 0 Å². The fourth-order valence-electron chi connectivity index (χ4n) is 3.60. The minimum atomic E-state index is -0.00399. The summed E-state index contributed by atoms with van der Waals surface area (Å²) in [7, 11) is 0. The number of hydrogen-bond donors (Lipinski definition) is 0. The van der Waals surface area contributed by atoms with Crippen molar-refractivity contribution in [1.29, 1.82) is 0 Å². The minimum Gasteiger partial charge on any atom is -0.494 e. The summed E-state index contributed by atoms with van der Waals surface area (Å²) in [5.74, 6) is 0.770. The van der Waals surface area contributed by atoms with Crippen LogP contribution in [0.2, 0.25) is 0 Å². The van der Waals surface area contributed by atoms with Gasteiger partial charge in [0.1, 0.15) is 5.75 Å². The van der Waals surface area contributed by atoms with E-state index in [2.05, 4.69) is 13.2 Å². The average molecular weight is 439 g/mol. The maximum atomic E-state index is 12.5. The molecule has 3 heteroatoms. The van der Waals surface area contributed by atoms with Crippen LogP contribution in [0.1, 0.15) is 80.6 Å². The number of unbranched alkanes of at least 4 members (excludes halogenated alkanes) is 5. The Morgan fingerprint density at radius 2 is 1.68 bits per heavy atom. The van der Waals surface area contributed by atoms with Crippen LogP contribution in [0.25, 0.3) is 6.08 Å². The van der Waals surface area contributed by atoms with Gasteiger partial charge < -0.3 is 4.74 Å². The van der Waals surface area contributed by atoms with E-state index in [9.17, 15) is 4.79 Å². The Morgan fingerprint density at radius 1 is 0.935 bits per heavy atom. The van der Waals surface area contributed by atoms with E-state index in [1.807, 2.05) is 72.4 Å². The molecule has 0 aliphatic carbocycles. The molecule has 0 spiro atoms. The predicted octanol–water partition coefficient (Wildman–Crippen LogP) is 8.22. The number of rotatable bonds is 16. The van der Waals surface area contributed by atoms with Crippen molar-refractivity contribution in [3.63, 3.8) is 0 Å². The number of carbonyl (C=O) groups excluding carboxylic acids is 1. The van der Waals surface area contributed by atoms with Crippen molar-refractivity contribution in [1.82, 2.24) is 0 Å². The van der Waals surface area contributed by atoms with Crippen LogP contribution in [0.15, 0.2) is 60.7 Å². The van der Waals surface area contributed by atoms with Gasteiger partial charge in [0.2, 0.25) is 0 Å². The van der Waals surface area contributed by atoms with E-state index in [1.165, 1.54) is 51.4 Å². The highest BCUT2D eigenvalue weighted by atomic mass is 32.2. The first kappa shape index (κ1) is 25.3. The third-order valence-electron chi connectivity index (χ3n) is 5.50. The second kappa shape index (κ2) is 15.8. The van der Waals surface area contributed by atoms with Gasteiger partial charge in [-0.05, 0) is 49.3 Å². The van der Waals surface area contributed by atoms with Crippen LogP contribution >= 0.6 is 11.8 Å². The first-order valence-corrected chi connectivity index (χ1v) is 13.0. The highest BCUT2D eigenvalue weighted by molar-refractivity contribution is 7.99. The van der Waals surface area contributed by atoms with Crippen molar-refractivity contribution in [2.75, 3.05) is 12.9 Å². The largest absolute Gasteiger partial charge is 0.494 e. The molecule has 0 amide bonds. The lowest BCUT2D eigenvalue weighted by Gasteiger charge is -2.14. The van der Waals surface area contributed by atoms with Gasteiger partial charge >= 0.3 is 0 Å². The molecule has 2 rings (SSSR count). The van der Waals surface area contributed by atoms with Crippen molar-refractivity contribution < 1.29 is 9.53 Å². The van der Waals surface area contributed by atoms with Crippen LogP contribution in [-0.2, 0) is 0 Å². The second-order valence-corrected chi connectivity index (χ2v) is 9.18. The van der Waals surface area contributed by atoms with Crippen LogP contribution in [0.3, 0.4) is 0 Å². The molecule has 0 aliphatic rings. The summed E-state index contributed by atoms with van der Waals surface area (Å²) in [6.07, 6.45) is 17.4. The topological polar surface area (TPSA) is 26.3 Å². The summed E-state index contributed by atoms with van der Waals surface area (Å²) in [6.45, 7) is 2.97. The zero-order valence-electron chi connectivity index (χ0n) is 19.2. The standard InChI is InChI=1S/C28H38O2S/c1-3-4-5-6-7-11-18-27(31-2)19-13-22-30-26-17-12-16-25(23-26)28(29)21-20-24-14-9-8-10-15-24/h8-10,12,14-17,20-21,23,27H,3-7,11,13,18-19,22H2,1-2H3. The first-order valence-electron chi connectivity index (χ1n) is 11.8.